The number of aryl methyl sites for hydroxylation is 2. The van der Waals surface area contributed by atoms with Crippen molar-refractivity contribution >= 4 is 43.4 Å². The Bertz CT molecular complexity index is 1290. The van der Waals surface area contributed by atoms with E-state index in [1.165, 1.54) is 5.56 Å². The number of carbonyl (C=O) groups is 1. The molecule has 0 bridgehead atoms. The summed E-state index contributed by atoms with van der Waals surface area (Å²) in [6.07, 6.45) is 0.893. The van der Waals surface area contributed by atoms with Crippen molar-refractivity contribution in [2.45, 2.75) is 20.3 Å². The highest BCUT2D eigenvalue weighted by molar-refractivity contribution is 7.22. The molecule has 0 aliphatic carbocycles. The zero-order valence-corrected chi connectivity index (χ0v) is 20.0. The summed E-state index contributed by atoms with van der Waals surface area (Å²) in [6.45, 7) is 9.27. The Kier molecular flexibility index (Phi) is 6.40. The van der Waals surface area contributed by atoms with E-state index in [0.717, 1.165) is 76.5 Å². The second-order valence-electron chi connectivity index (χ2n) is 8.72. The molecule has 0 N–H and O–H groups in total. The number of amides is 1. The number of nitrogens with zero attached hydrogens (tertiary/aromatic N) is 3. The molecule has 0 radical (unpaired) electrons. The number of hydrogen-bond donors (Lipinski definition) is 0. The fourth-order valence-corrected chi connectivity index (χ4v) is 5.76. The zero-order valence-electron chi connectivity index (χ0n) is 19.2. The molecule has 4 aromatic rings. The van der Waals surface area contributed by atoms with Crippen LogP contribution in [-0.4, -0.2) is 55.2 Å². The quantitative estimate of drug-likeness (QED) is 0.385. The van der Waals surface area contributed by atoms with E-state index in [-0.39, 0.29) is 5.91 Å². The summed E-state index contributed by atoms with van der Waals surface area (Å²) in [6, 6.07) is 18.4. The van der Waals surface area contributed by atoms with Crippen LogP contribution in [0.1, 0.15) is 27.9 Å². The van der Waals surface area contributed by atoms with Crippen molar-refractivity contribution in [3.8, 4) is 0 Å². The lowest BCUT2D eigenvalue weighted by Crippen LogP contribution is -2.39. The number of hydrogen-bond acceptors (Lipinski definition) is 5. The van der Waals surface area contributed by atoms with E-state index in [1.807, 2.05) is 35.2 Å². The summed E-state index contributed by atoms with van der Waals surface area (Å²) >= 11 is 1.61. The minimum Gasteiger partial charge on any atom is -0.379 e. The Morgan fingerprint density at radius 3 is 2.73 bits per heavy atom. The van der Waals surface area contributed by atoms with Crippen molar-refractivity contribution in [3.05, 3.63) is 71.3 Å². The number of aromatic nitrogens is 1. The molecule has 0 atom stereocenters. The van der Waals surface area contributed by atoms with Crippen molar-refractivity contribution < 1.29 is 9.53 Å². The van der Waals surface area contributed by atoms with Gasteiger partial charge in [0.05, 0.1) is 23.4 Å². The number of carbonyl (C=O) groups excluding carboxylic acids is 1. The van der Waals surface area contributed by atoms with Gasteiger partial charge in [-0.15, -0.1) is 0 Å². The first-order chi connectivity index (χ1) is 16.1. The third-order valence-corrected chi connectivity index (χ3v) is 7.30. The van der Waals surface area contributed by atoms with Crippen molar-refractivity contribution in [2.24, 2.45) is 0 Å². The number of fused-ring (bicyclic) bond motifs is 2. The van der Waals surface area contributed by atoms with Gasteiger partial charge in [0.25, 0.3) is 5.91 Å². The third-order valence-electron chi connectivity index (χ3n) is 6.27. The molecule has 0 spiro atoms. The van der Waals surface area contributed by atoms with E-state index in [9.17, 15) is 4.79 Å². The van der Waals surface area contributed by atoms with Crippen LogP contribution in [0.4, 0.5) is 5.13 Å². The van der Waals surface area contributed by atoms with Gasteiger partial charge >= 0.3 is 0 Å². The first kappa shape index (κ1) is 22.0. The maximum absolute atomic E-state index is 13.9. The molecule has 1 fully saturated rings. The fraction of sp³-hybridized carbons (Fsp3) is 0.333. The van der Waals surface area contributed by atoms with Crippen LogP contribution in [0, 0.1) is 13.8 Å². The summed E-state index contributed by atoms with van der Waals surface area (Å²) in [5.74, 6) is 0.0159. The molecule has 3 aromatic carbocycles. The average molecular weight is 460 g/mol. The number of anilines is 1. The van der Waals surface area contributed by atoms with Gasteiger partial charge in [-0.05, 0) is 54.3 Å². The van der Waals surface area contributed by atoms with E-state index in [0.29, 0.717) is 6.54 Å². The maximum atomic E-state index is 13.9. The molecule has 1 aliphatic heterocycles. The number of benzene rings is 3. The summed E-state index contributed by atoms with van der Waals surface area (Å²) in [5, 5.41) is 2.84. The molecule has 1 saturated heterocycles. The average Bonchev–Trinajstić information content (AvgIpc) is 3.26. The molecule has 33 heavy (non-hydrogen) atoms. The molecule has 1 amide bonds. The van der Waals surface area contributed by atoms with Crippen LogP contribution < -0.4 is 4.90 Å². The predicted octanol–water partition coefficient (Wildman–Crippen LogP) is 5.44. The lowest BCUT2D eigenvalue weighted by Gasteiger charge is -2.28. The third kappa shape index (κ3) is 4.64. The Labute approximate surface area is 198 Å². The van der Waals surface area contributed by atoms with Crippen LogP contribution >= 0.6 is 11.3 Å². The predicted molar refractivity (Wildman–Crippen MR) is 137 cm³/mol. The normalized spacial score (nSPS) is 14.7. The molecule has 6 heteroatoms. The SMILES string of the molecule is Cc1cc(C)c2nc(N(CCCN3CCOCC3)C(=O)c3cccc4ccccc34)sc2c1. The Hall–Kier alpha value is -2.80. The van der Waals surface area contributed by atoms with Gasteiger partial charge in [-0.1, -0.05) is 53.8 Å². The van der Waals surface area contributed by atoms with Crippen LogP contribution in [0.5, 0.6) is 0 Å². The molecule has 5 rings (SSSR count). The molecule has 170 valence electrons. The van der Waals surface area contributed by atoms with E-state index in [1.54, 1.807) is 11.3 Å². The van der Waals surface area contributed by atoms with Crippen LogP contribution in [0.15, 0.2) is 54.6 Å². The van der Waals surface area contributed by atoms with Gasteiger partial charge in [0.15, 0.2) is 5.13 Å². The van der Waals surface area contributed by atoms with Crippen molar-refractivity contribution in [1.29, 1.82) is 0 Å². The molecule has 0 saturated carbocycles. The lowest BCUT2D eigenvalue weighted by molar-refractivity contribution is 0.0376. The minimum absolute atomic E-state index is 0.0159. The summed E-state index contributed by atoms with van der Waals surface area (Å²) < 4.78 is 6.60. The maximum Gasteiger partial charge on any atom is 0.260 e. The van der Waals surface area contributed by atoms with E-state index in [4.69, 9.17) is 9.72 Å². The van der Waals surface area contributed by atoms with Crippen molar-refractivity contribution in [2.75, 3.05) is 44.3 Å². The Balaban J connectivity index is 1.49. The highest BCUT2D eigenvalue weighted by Gasteiger charge is 2.23. The highest BCUT2D eigenvalue weighted by atomic mass is 32.1. The van der Waals surface area contributed by atoms with Gasteiger partial charge < -0.3 is 4.74 Å². The number of ether oxygens (including phenoxy) is 1. The van der Waals surface area contributed by atoms with E-state index >= 15 is 0 Å². The largest absolute Gasteiger partial charge is 0.379 e. The van der Waals surface area contributed by atoms with Gasteiger partial charge in [-0.25, -0.2) is 4.98 Å². The Morgan fingerprint density at radius 2 is 1.88 bits per heavy atom. The van der Waals surface area contributed by atoms with Gasteiger partial charge in [0.2, 0.25) is 0 Å². The highest BCUT2D eigenvalue weighted by Crippen LogP contribution is 2.33. The summed E-state index contributed by atoms with van der Waals surface area (Å²) in [4.78, 5) is 23.2. The van der Waals surface area contributed by atoms with Crippen LogP contribution in [0.2, 0.25) is 0 Å². The monoisotopic (exact) mass is 459 g/mol. The van der Waals surface area contributed by atoms with E-state index in [2.05, 4.69) is 43.0 Å². The lowest BCUT2D eigenvalue weighted by atomic mass is 10.0. The molecule has 5 nitrogen and oxygen atoms in total. The van der Waals surface area contributed by atoms with Gasteiger partial charge in [0.1, 0.15) is 0 Å². The molecule has 1 aromatic heterocycles. The van der Waals surface area contributed by atoms with Crippen LogP contribution in [0.3, 0.4) is 0 Å². The molecular formula is C27H29N3O2S. The standard InChI is InChI=1S/C27H29N3O2S/c1-19-17-20(2)25-24(18-19)33-27(28-25)30(12-6-11-29-13-15-32-16-14-29)26(31)23-10-5-8-21-7-3-4-9-22(21)23/h3-5,7-10,17-18H,6,11-16H2,1-2H3. The fourth-order valence-electron chi connectivity index (χ4n) is 4.59. The zero-order chi connectivity index (χ0) is 22.8. The second-order valence-corrected chi connectivity index (χ2v) is 9.73. The number of rotatable bonds is 6. The Morgan fingerprint density at radius 1 is 1.09 bits per heavy atom. The second kappa shape index (κ2) is 9.59. The number of morpholine rings is 1. The molecule has 1 aliphatic rings. The first-order valence-corrected chi connectivity index (χ1v) is 12.4. The molecular weight excluding hydrogens is 430 g/mol. The molecule has 2 heterocycles. The van der Waals surface area contributed by atoms with Crippen LogP contribution in [-0.2, 0) is 4.74 Å². The van der Waals surface area contributed by atoms with E-state index < -0.39 is 0 Å². The van der Waals surface area contributed by atoms with Crippen molar-refractivity contribution in [3.63, 3.8) is 0 Å². The van der Waals surface area contributed by atoms with Gasteiger partial charge in [-0.3, -0.25) is 14.6 Å². The smallest absolute Gasteiger partial charge is 0.260 e. The van der Waals surface area contributed by atoms with Crippen LogP contribution in [0.25, 0.3) is 21.0 Å². The summed E-state index contributed by atoms with van der Waals surface area (Å²) in [5.41, 5.74) is 4.09. The minimum atomic E-state index is 0.0159. The summed E-state index contributed by atoms with van der Waals surface area (Å²) in [7, 11) is 0. The molecule has 0 unspecified atom stereocenters. The van der Waals surface area contributed by atoms with Gasteiger partial charge in [0, 0.05) is 31.7 Å². The van der Waals surface area contributed by atoms with Gasteiger partial charge in [-0.2, -0.15) is 0 Å². The van der Waals surface area contributed by atoms with Crippen molar-refractivity contribution in [1.82, 2.24) is 9.88 Å². The number of thiazole rings is 1. The topological polar surface area (TPSA) is 45.7 Å². The first-order valence-electron chi connectivity index (χ1n) is 11.6.